The van der Waals surface area contributed by atoms with Gasteiger partial charge in [0, 0.05) is 29.6 Å². The van der Waals surface area contributed by atoms with Crippen molar-refractivity contribution in [3.05, 3.63) is 78.6 Å². The Balaban J connectivity index is 1.49. The van der Waals surface area contributed by atoms with Crippen LogP contribution in [-0.4, -0.2) is 31.1 Å². The number of nitrogens with two attached hydrogens (primary N) is 1. The fraction of sp³-hybridized carbons (Fsp3) is 0. The SMILES string of the molecule is Nc1nc(Nc2ccc(Oc3ccnc(C(=O)O)c3)cc2)cc(-c2ccc(O)cc2)n1. The molecule has 2 aromatic heterocycles. The van der Waals surface area contributed by atoms with Gasteiger partial charge in [0.15, 0.2) is 5.69 Å². The molecule has 0 bridgehead atoms. The Morgan fingerprint density at radius 2 is 1.68 bits per heavy atom. The summed E-state index contributed by atoms with van der Waals surface area (Å²) < 4.78 is 5.68. The Hall–Kier alpha value is -4.66. The predicted octanol–water partition coefficient (Wildman–Crippen LogP) is 4.06. The van der Waals surface area contributed by atoms with E-state index in [1.54, 1.807) is 60.7 Å². The van der Waals surface area contributed by atoms with Crippen molar-refractivity contribution < 1.29 is 19.7 Å². The molecular weight excluding hydrogens is 398 g/mol. The Kier molecular flexibility index (Phi) is 5.31. The maximum absolute atomic E-state index is 11.0. The second kappa shape index (κ2) is 8.37. The zero-order valence-electron chi connectivity index (χ0n) is 16.1. The molecule has 0 aliphatic carbocycles. The zero-order valence-corrected chi connectivity index (χ0v) is 16.1. The number of hydrogen-bond donors (Lipinski definition) is 4. The number of nitrogens with one attached hydrogen (secondary N) is 1. The molecule has 31 heavy (non-hydrogen) atoms. The molecule has 0 aliphatic rings. The molecule has 4 rings (SSSR count). The number of aromatic hydroxyl groups is 1. The van der Waals surface area contributed by atoms with Crippen LogP contribution in [-0.2, 0) is 0 Å². The van der Waals surface area contributed by atoms with Gasteiger partial charge in [-0.2, -0.15) is 4.98 Å². The lowest BCUT2D eigenvalue weighted by atomic mass is 10.1. The number of ether oxygens (including phenoxy) is 1. The first-order valence-electron chi connectivity index (χ1n) is 9.14. The summed E-state index contributed by atoms with van der Waals surface area (Å²) in [5.41, 5.74) is 7.89. The first-order valence-corrected chi connectivity index (χ1v) is 9.14. The number of rotatable bonds is 6. The van der Waals surface area contributed by atoms with E-state index in [2.05, 4.69) is 20.3 Å². The van der Waals surface area contributed by atoms with E-state index in [0.717, 1.165) is 11.3 Å². The third-order valence-corrected chi connectivity index (χ3v) is 4.22. The van der Waals surface area contributed by atoms with Crippen molar-refractivity contribution in [2.24, 2.45) is 0 Å². The lowest BCUT2D eigenvalue weighted by Gasteiger charge is -2.10. The Morgan fingerprint density at radius 1 is 0.935 bits per heavy atom. The molecule has 4 aromatic rings. The summed E-state index contributed by atoms with van der Waals surface area (Å²) in [5, 5.41) is 21.6. The molecule has 0 saturated carbocycles. The summed E-state index contributed by atoms with van der Waals surface area (Å²) in [4.78, 5) is 23.2. The number of phenolic OH excluding ortho intramolecular Hbond substituents is 1. The van der Waals surface area contributed by atoms with Gasteiger partial charge in [-0.1, -0.05) is 0 Å². The average molecular weight is 415 g/mol. The third-order valence-electron chi connectivity index (χ3n) is 4.22. The highest BCUT2D eigenvalue weighted by atomic mass is 16.5. The van der Waals surface area contributed by atoms with Crippen molar-refractivity contribution >= 4 is 23.4 Å². The van der Waals surface area contributed by atoms with Crippen LogP contribution >= 0.6 is 0 Å². The molecule has 2 aromatic carbocycles. The highest BCUT2D eigenvalue weighted by Crippen LogP contribution is 2.27. The van der Waals surface area contributed by atoms with Crippen molar-refractivity contribution in [2.75, 3.05) is 11.1 Å². The van der Waals surface area contributed by atoms with E-state index >= 15 is 0 Å². The lowest BCUT2D eigenvalue weighted by Crippen LogP contribution is -2.01. The van der Waals surface area contributed by atoms with Crippen molar-refractivity contribution in [2.45, 2.75) is 0 Å². The Morgan fingerprint density at radius 3 is 2.39 bits per heavy atom. The fourth-order valence-corrected chi connectivity index (χ4v) is 2.79. The lowest BCUT2D eigenvalue weighted by molar-refractivity contribution is 0.0690. The number of carbonyl (C=O) groups is 1. The number of carboxylic acid groups (broad SMARTS) is 1. The smallest absolute Gasteiger partial charge is 0.354 e. The standard InChI is InChI=1S/C22H17N5O4/c23-22-26-18(13-1-5-15(28)6-2-13)12-20(27-22)25-14-3-7-16(8-4-14)31-17-9-10-24-19(11-17)21(29)30/h1-12,28H,(H,29,30)(H3,23,25,26,27). The van der Waals surface area contributed by atoms with E-state index < -0.39 is 5.97 Å². The van der Waals surface area contributed by atoms with Gasteiger partial charge >= 0.3 is 5.97 Å². The second-order valence-corrected chi connectivity index (χ2v) is 6.48. The van der Waals surface area contributed by atoms with Gasteiger partial charge in [0.1, 0.15) is 23.1 Å². The number of nitrogen functional groups attached to an aromatic ring is 1. The van der Waals surface area contributed by atoms with Crippen LogP contribution in [0.4, 0.5) is 17.5 Å². The van der Waals surface area contributed by atoms with Gasteiger partial charge in [-0.05, 0) is 54.6 Å². The van der Waals surface area contributed by atoms with Gasteiger partial charge in [-0.25, -0.2) is 14.8 Å². The Labute approximate surface area is 176 Å². The third kappa shape index (κ3) is 4.85. The highest BCUT2D eigenvalue weighted by molar-refractivity contribution is 5.85. The molecular formula is C22H17N5O4. The summed E-state index contributed by atoms with van der Waals surface area (Å²) >= 11 is 0. The molecule has 9 nitrogen and oxygen atoms in total. The maximum atomic E-state index is 11.0. The molecule has 154 valence electrons. The summed E-state index contributed by atoms with van der Waals surface area (Å²) in [6.07, 6.45) is 1.37. The molecule has 0 spiro atoms. The number of aromatic carboxylic acids is 1. The molecule has 9 heteroatoms. The van der Waals surface area contributed by atoms with Crippen LogP contribution in [0.5, 0.6) is 17.2 Å². The highest BCUT2D eigenvalue weighted by Gasteiger charge is 2.08. The van der Waals surface area contributed by atoms with Crippen LogP contribution in [0.3, 0.4) is 0 Å². The minimum atomic E-state index is -1.12. The molecule has 0 unspecified atom stereocenters. The van der Waals surface area contributed by atoms with Crippen LogP contribution < -0.4 is 15.8 Å². The molecule has 0 aliphatic heterocycles. The van der Waals surface area contributed by atoms with Crippen molar-refractivity contribution in [1.29, 1.82) is 0 Å². The van der Waals surface area contributed by atoms with E-state index in [-0.39, 0.29) is 17.4 Å². The molecule has 0 saturated heterocycles. The van der Waals surface area contributed by atoms with Crippen molar-refractivity contribution in [3.8, 4) is 28.5 Å². The normalized spacial score (nSPS) is 10.5. The molecule has 0 radical (unpaired) electrons. The van der Waals surface area contributed by atoms with E-state index in [1.165, 1.54) is 12.3 Å². The van der Waals surface area contributed by atoms with Crippen LogP contribution in [0.25, 0.3) is 11.3 Å². The Bertz CT molecular complexity index is 1230. The summed E-state index contributed by atoms with van der Waals surface area (Å²) in [6, 6.07) is 18.3. The number of phenols is 1. The number of carboxylic acids is 1. The number of benzene rings is 2. The van der Waals surface area contributed by atoms with E-state index in [4.69, 9.17) is 15.6 Å². The second-order valence-electron chi connectivity index (χ2n) is 6.48. The van der Waals surface area contributed by atoms with Gasteiger partial charge < -0.3 is 26.0 Å². The zero-order chi connectivity index (χ0) is 21.8. The topological polar surface area (TPSA) is 143 Å². The minimum absolute atomic E-state index is 0.0958. The first kappa shape index (κ1) is 19.6. The molecule has 0 fully saturated rings. The minimum Gasteiger partial charge on any atom is -0.508 e. The number of aromatic nitrogens is 3. The maximum Gasteiger partial charge on any atom is 0.354 e. The van der Waals surface area contributed by atoms with Gasteiger partial charge in [0.2, 0.25) is 5.95 Å². The largest absolute Gasteiger partial charge is 0.508 e. The van der Waals surface area contributed by atoms with Crippen LogP contribution in [0.15, 0.2) is 72.9 Å². The van der Waals surface area contributed by atoms with Crippen LogP contribution in [0.1, 0.15) is 10.5 Å². The average Bonchev–Trinajstić information content (AvgIpc) is 2.75. The summed E-state index contributed by atoms with van der Waals surface area (Å²) in [5.74, 6) is 0.554. The molecule has 5 N–H and O–H groups in total. The molecule has 0 amide bonds. The van der Waals surface area contributed by atoms with Crippen molar-refractivity contribution in [1.82, 2.24) is 15.0 Å². The number of anilines is 3. The van der Waals surface area contributed by atoms with Gasteiger partial charge in [-0.15, -0.1) is 0 Å². The number of pyridine rings is 1. The quantitative estimate of drug-likeness (QED) is 0.366. The van der Waals surface area contributed by atoms with E-state index in [9.17, 15) is 9.90 Å². The van der Waals surface area contributed by atoms with Crippen LogP contribution in [0.2, 0.25) is 0 Å². The van der Waals surface area contributed by atoms with Crippen molar-refractivity contribution in [3.63, 3.8) is 0 Å². The monoisotopic (exact) mass is 415 g/mol. The van der Waals surface area contributed by atoms with E-state index in [1.807, 2.05) is 0 Å². The predicted molar refractivity (Wildman–Crippen MR) is 115 cm³/mol. The first-order chi connectivity index (χ1) is 15.0. The summed E-state index contributed by atoms with van der Waals surface area (Å²) in [7, 11) is 0. The van der Waals surface area contributed by atoms with Gasteiger partial charge in [0.05, 0.1) is 5.69 Å². The van der Waals surface area contributed by atoms with Gasteiger partial charge in [-0.3, -0.25) is 0 Å². The molecule has 0 atom stereocenters. The van der Waals surface area contributed by atoms with Gasteiger partial charge in [0.25, 0.3) is 0 Å². The number of hydrogen-bond acceptors (Lipinski definition) is 8. The number of nitrogens with zero attached hydrogens (tertiary/aromatic N) is 3. The van der Waals surface area contributed by atoms with Crippen LogP contribution in [0, 0.1) is 0 Å². The van der Waals surface area contributed by atoms with E-state index in [0.29, 0.717) is 23.0 Å². The summed E-state index contributed by atoms with van der Waals surface area (Å²) in [6.45, 7) is 0. The molecule has 2 heterocycles. The fourth-order valence-electron chi connectivity index (χ4n) is 2.79.